The molecule has 196 valence electrons. The van der Waals surface area contributed by atoms with E-state index in [1.807, 2.05) is 20.8 Å². The molecular formula is C25H28N4O7S. The van der Waals surface area contributed by atoms with Gasteiger partial charge in [-0.25, -0.2) is 17.5 Å². The molecule has 3 rings (SSSR count). The molecule has 0 fully saturated rings. The van der Waals surface area contributed by atoms with E-state index in [1.165, 1.54) is 36.1 Å². The lowest BCUT2D eigenvalue weighted by atomic mass is 9.79. The van der Waals surface area contributed by atoms with E-state index < -0.39 is 38.5 Å². The lowest BCUT2D eigenvalue weighted by Gasteiger charge is -2.29. The van der Waals surface area contributed by atoms with Crippen LogP contribution in [0.25, 0.3) is 16.8 Å². The maximum Gasteiger partial charge on any atom is 0.332 e. The topological polar surface area (TPSA) is 162 Å². The van der Waals surface area contributed by atoms with Crippen molar-refractivity contribution in [2.45, 2.75) is 33.1 Å². The van der Waals surface area contributed by atoms with Gasteiger partial charge in [0, 0.05) is 30.3 Å². The van der Waals surface area contributed by atoms with Crippen LogP contribution in [0.3, 0.4) is 0 Å². The number of nitrogens with two attached hydrogens (primary N) is 1. The van der Waals surface area contributed by atoms with Crippen molar-refractivity contribution in [3.63, 3.8) is 0 Å². The van der Waals surface area contributed by atoms with Crippen LogP contribution in [0.15, 0.2) is 52.2 Å². The van der Waals surface area contributed by atoms with E-state index in [4.69, 9.17) is 10.5 Å². The smallest absolute Gasteiger partial charge is 0.332 e. The molecule has 0 radical (unpaired) electrons. The van der Waals surface area contributed by atoms with Gasteiger partial charge in [-0.3, -0.25) is 23.9 Å². The standard InChI is InChI=1S/C25H28N4O7S/c1-14(30)29(37(6,34)35)16-9-7-15(8-10-16)20-18(28-12-11-19(31)27-24(28)33)13-17(23(26)32)22(36-5)21(20)25(2,3)4/h7-13H,1-6H3,(H2,26,32)(H,27,31,33). The molecular weight excluding hydrogens is 500 g/mol. The second-order valence-corrected chi connectivity index (χ2v) is 11.2. The van der Waals surface area contributed by atoms with Gasteiger partial charge in [0.15, 0.2) is 0 Å². The highest BCUT2D eigenvalue weighted by atomic mass is 32.2. The summed E-state index contributed by atoms with van der Waals surface area (Å²) in [4.78, 5) is 51.2. The zero-order chi connectivity index (χ0) is 27.9. The van der Waals surface area contributed by atoms with Crippen molar-refractivity contribution in [2.24, 2.45) is 5.73 Å². The van der Waals surface area contributed by atoms with E-state index in [2.05, 4.69) is 4.98 Å². The molecule has 0 saturated carbocycles. The van der Waals surface area contributed by atoms with Crippen LogP contribution in [-0.4, -0.2) is 43.1 Å². The van der Waals surface area contributed by atoms with E-state index in [0.29, 0.717) is 21.0 Å². The number of aromatic amines is 1. The van der Waals surface area contributed by atoms with Crippen LogP contribution in [0, 0.1) is 0 Å². The lowest BCUT2D eigenvalue weighted by Crippen LogP contribution is -2.34. The number of hydrogen-bond donors (Lipinski definition) is 2. The molecule has 1 heterocycles. The number of sulfonamides is 1. The van der Waals surface area contributed by atoms with Gasteiger partial charge in [-0.15, -0.1) is 0 Å². The van der Waals surface area contributed by atoms with Crippen LogP contribution in [0.4, 0.5) is 5.69 Å². The molecule has 1 aromatic heterocycles. The number of H-pyrrole nitrogens is 1. The van der Waals surface area contributed by atoms with Crippen LogP contribution in [0.1, 0.15) is 43.6 Å². The van der Waals surface area contributed by atoms with Gasteiger partial charge in [0.05, 0.1) is 30.3 Å². The molecule has 3 aromatic rings. The van der Waals surface area contributed by atoms with Crippen molar-refractivity contribution < 1.29 is 22.7 Å². The fraction of sp³-hybridized carbons (Fsp3) is 0.280. The van der Waals surface area contributed by atoms with Gasteiger partial charge in [-0.2, -0.15) is 0 Å². The minimum absolute atomic E-state index is 0.0285. The molecule has 0 spiro atoms. The number of hydrogen-bond acceptors (Lipinski definition) is 7. The molecule has 0 atom stereocenters. The second-order valence-electron chi connectivity index (χ2n) is 9.41. The molecule has 2 amide bonds. The third-order valence-corrected chi connectivity index (χ3v) is 6.70. The number of amides is 2. The Balaban J connectivity index is 2.49. The normalized spacial score (nSPS) is 11.7. The van der Waals surface area contributed by atoms with Crippen molar-refractivity contribution in [3.8, 4) is 22.6 Å². The molecule has 3 N–H and O–H groups in total. The summed E-state index contributed by atoms with van der Waals surface area (Å²) in [6.45, 7) is 6.79. The fourth-order valence-corrected chi connectivity index (χ4v) is 5.19. The number of benzene rings is 2. The lowest BCUT2D eigenvalue weighted by molar-refractivity contribution is -0.115. The molecule has 0 saturated heterocycles. The van der Waals surface area contributed by atoms with Gasteiger partial charge in [0.1, 0.15) is 5.75 Å². The summed E-state index contributed by atoms with van der Waals surface area (Å²) < 4.78 is 31.8. The van der Waals surface area contributed by atoms with Crippen LogP contribution in [0.5, 0.6) is 5.75 Å². The number of methoxy groups -OCH3 is 1. The summed E-state index contributed by atoms with van der Waals surface area (Å²) in [6.07, 6.45) is 2.20. The first-order chi connectivity index (χ1) is 17.1. The second kappa shape index (κ2) is 9.69. The monoisotopic (exact) mass is 528 g/mol. The summed E-state index contributed by atoms with van der Waals surface area (Å²) in [7, 11) is -2.48. The summed E-state index contributed by atoms with van der Waals surface area (Å²) in [5.74, 6) is -1.26. The number of anilines is 1. The largest absolute Gasteiger partial charge is 0.496 e. The van der Waals surface area contributed by atoms with Gasteiger partial charge < -0.3 is 10.5 Å². The number of rotatable bonds is 6. The number of aromatic nitrogens is 2. The molecule has 37 heavy (non-hydrogen) atoms. The minimum atomic E-state index is -3.88. The number of nitrogens with zero attached hydrogens (tertiary/aromatic N) is 2. The molecule has 0 unspecified atom stereocenters. The summed E-state index contributed by atoms with van der Waals surface area (Å²) in [5, 5.41) is 0. The van der Waals surface area contributed by atoms with Crippen LogP contribution in [-0.2, 0) is 20.2 Å². The van der Waals surface area contributed by atoms with Crippen LogP contribution in [0.2, 0.25) is 0 Å². The molecule has 2 aromatic carbocycles. The van der Waals surface area contributed by atoms with Crippen LogP contribution < -0.4 is 26.0 Å². The average molecular weight is 529 g/mol. The number of ether oxygens (including phenoxy) is 1. The Hall–Kier alpha value is -4.19. The Morgan fingerprint density at radius 2 is 1.68 bits per heavy atom. The van der Waals surface area contributed by atoms with Crippen molar-refractivity contribution in [1.29, 1.82) is 0 Å². The molecule has 12 heteroatoms. The maximum atomic E-state index is 12.8. The zero-order valence-corrected chi connectivity index (χ0v) is 22.1. The van der Waals surface area contributed by atoms with Gasteiger partial charge in [0.25, 0.3) is 11.5 Å². The first kappa shape index (κ1) is 27.4. The average Bonchev–Trinajstić information content (AvgIpc) is 2.76. The Morgan fingerprint density at radius 1 is 1.08 bits per heavy atom. The predicted molar refractivity (Wildman–Crippen MR) is 140 cm³/mol. The number of primary amides is 1. The number of carbonyl (C=O) groups is 2. The Labute approximate surface area is 213 Å². The van der Waals surface area contributed by atoms with Gasteiger partial charge in [-0.1, -0.05) is 32.9 Å². The predicted octanol–water partition coefficient (Wildman–Crippen LogP) is 1.91. The van der Waals surface area contributed by atoms with E-state index in [-0.39, 0.29) is 22.7 Å². The molecule has 0 bridgehead atoms. The Morgan fingerprint density at radius 3 is 2.11 bits per heavy atom. The van der Waals surface area contributed by atoms with Gasteiger partial charge in [0.2, 0.25) is 15.9 Å². The number of nitrogens with one attached hydrogen (secondary N) is 1. The van der Waals surface area contributed by atoms with Crippen molar-refractivity contribution in [1.82, 2.24) is 9.55 Å². The van der Waals surface area contributed by atoms with E-state index in [9.17, 15) is 27.6 Å². The summed E-state index contributed by atoms with van der Waals surface area (Å²) in [5.41, 5.74) is 5.60. The van der Waals surface area contributed by atoms with Crippen molar-refractivity contribution >= 4 is 27.5 Å². The summed E-state index contributed by atoms with van der Waals surface area (Å²) >= 11 is 0. The SMILES string of the molecule is COc1c(C(N)=O)cc(-n2ccc(=O)[nH]c2=O)c(-c2ccc(N(C(C)=O)S(C)(=O)=O)cc2)c1C(C)(C)C. The van der Waals surface area contributed by atoms with E-state index >= 15 is 0 Å². The first-order valence-electron chi connectivity index (χ1n) is 11.1. The maximum absolute atomic E-state index is 12.8. The van der Waals surface area contributed by atoms with E-state index in [1.54, 1.807) is 12.1 Å². The Bertz CT molecular complexity index is 1610. The highest BCUT2D eigenvalue weighted by Crippen LogP contribution is 2.45. The Kier molecular flexibility index (Phi) is 7.18. The van der Waals surface area contributed by atoms with Crippen molar-refractivity contribution in [3.05, 3.63) is 74.6 Å². The van der Waals surface area contributed by atoms with E-state index in [0.717, 1.165) is 19.2 Å². The third kappa shape index (κ3) is 5.33. The quantitative estimate of drug-likeness (QED) is 0.494. The van der Waals surface area contributed by atoms with Gasteiger partial charge >= 0.3 is 5.69 Å². The number of carbonyl (C=O) groups excluding carboxylic acids is 2. The fourth-order valence-electron chi connectivity index (χ4n) is 4.22. The molecule has 0 aliphatic carbocycles. The zero-order valence-electron chi connectivity index (χ0n) is 21.3. The molecule has 11 nitrogen and oxygen atoms in total. The highest BCUT2D eigenvalue weighted by molar-refractivity contribution is 7.92. The van der Waals surface area contributed by atoms with Crippen LogP contribution >= 0.6 is 0 Å². The minimum Gasteiger partial charge on any atom is -0.496 e. The third-order valence-electron chi connectivity index (χ3n) is 5.57. The first-order valence-corrected chi connectivity index (χ1v) is 12.9. The summed E-state index contributed by atoms with van der Waals surface area (Å²) in [6, 6.07) is 8.65. The van der Waals surface area contributed by atoms with Crippen molar-refractivity contribution in [2.75, 3.05) is 17.7 Å². The highest BCUT2D eigenvalue weighted by Gasteiger charge is 2.31. The van der Waals surface area contributed by atoms with Gasteiger partial charge in [-0.05, 0) is 29.2 Å². The molecule has 0 aliphatic heterocycles. The molecule has 0 aliphatic rings.